The summed E-state index contributed by atoms with van der Waals surface area (Å²) in [5, 5.41) is 4.41. The van der Waals surface area contributed by atoms with Crippen molar-refractivity contribution in [2.45, 2.75) is 32.8 Å². The first-order valence-electron chi connectivity index (χ1n) is 5.88. The van der Waals surface area contributed by atoms with Crippen molar-refractivity contribution in [3.63, 3.8) is 0 Å². The largest absolute Gasteiger partial charge is 0.448 e. The van der Waals surface area contributed by atoms with Gasteiger partial charge in [0, 0.05) is 6.54 Å². The number of ether oxygens (including phenoxy) is 1. The third-order valence-corrected chi connectivity index (χ3v) is 3.27. The molecule has 1 aromatic rings. The second-order valence-corrected chi connectivity index (χ2v) is 4.81. The Morgan fingerprint density at radius 2 is 2.28 bits per heavy atom. The lowest BCUT2D eigenvalue weighted by Gasteiger charge is -2.12. The van der Waals surface area contributed by atoms with Gasteiger partial charge in [0.05, 0.1) is 5.69 Å². The molecular formula is C12H18N2O3S. The van der Waals surface area contributed by atoms with Crippen LogP contribution in [0.5, 0.6) is 0 Å². The van der Waals surface area contributed by atoms with Crippen molar-refractivity contribution in [2.24, 2.45) is 0 Å². The van der Waals surface area contributed by atoms with Crippen molar-refractivity contribution in [1.29, 1.82) is 0 Å². The number of nitrogen functional groups attached to an aromatic ring is 1. The van der Waals surface area contributed by atoms with Crippen LogP contribution in [-0.4, -0.2) is 24.5 Å². The molecule has 1 aromatic heterocycles. The minimum atomic E-state index is -0.809. The van der Waals surface area contributed by atoms with E-state index in [-0.39, 0.29) is 5.91 Å². The molecule has 0 spiro atoms. The van der Waals surface area contributed by atoms with Crippen LogP contribution in [0.4, 0.5) is 5.69 Å². The smallest absolute Gasteiger partial charge is 0.351 e. The summed E-state index contributed by atoms with van der Waals surface area (Å²) in [5.74, 6) is -0.840. The zero-order chi connectivity index (χ0) is 13.5. The summed E-state index contributed by atoms with van der Waals surface area (Å²) in [5.41, 5.74) is 5.98. The Morgan fingerprint density at radius 3 is 2.83 bits per heavy atom. The van der Waals surface area contributed by atoms with Gasteiger partial charge in [0.25, 0.3) is 5.91 Å². The number of esters is 1. The van der Waals surface area contributed by atoms with Crippen LogP contribution in [0.15, 0.2) is 11.4 Å². The van der Waals surface area contributed by atoms with E-state index < -0.39 is 12.1 Å². The van der Waals surface area contributed by atoms with E-state index in [1.807, 2.05) is 6.92 Å². The molecule has 3 N–H and O–H groups in total. The first-order chi connectivity index (χ1) is 8.56. The van der Waals surface area contributed by atoms with E-state index in [1.54, 1.807) is 18.4 Å². The number of unbranched alkanes of at least 4 members (excludes halogenated alkanes) is 1. The fourth-order valence-electron chi connectivity index (χ4n) is 1.28. The normalized spacial score (nSPS) is 11.9. The number of amides is 1. The van der Waals surface area contributed by atoms with Crippen molar-refractivity contribution < 1.29 is 14.3 Å². The highest BCUT2D eigenvalue weighted by atomic mass is 32.1. The third-order valence-electron chi connectivity index (χ3n) is 2.36. The Hall–Kier alpha value is -1.56. The highest BCUT2D eigenvalue weighted by Crippen LogP contribution is 2.20. The van der Waals surface area contributed by atoms with E-state index >= 15 is 0 Å². The number of rotatable bonds is 6. The summed E-state index contributed by atoms with van der Waals surface area (Å²) in [6, 6.07) is 1.63. The molecule has 0 aliphatic heterocycles. The minimum absolute atomic E-state index is 0.285. The van der Waals surface area contributed by atoms with Gasteiger partial charge in [-0.1, -0.05) is 13.3 Å². The van der Waals surface area contributed by atoms with E-state index in [0.717, 1.165) is 12.8 Å². The lowest BCUT2D eigenvalue weighted by molar-refractivity contribution is -0.129. The van der Waals surface area contributed by atoms with Crippen LogP contribution in [0.25, 0.3) is 0 Å². The van der Waals surface area contributed by atoms with Crippen LogP contribution in [-0.2, 0) is 9.53 Å². The highest BCUT2D eigenvalue weighted by molar-refractivity contribution is 7.12. The topological polar surface area (TPSA) is 81.4 Å². The van der Waals surface area contributed by atoms with E-state index in [4.69, 9.17) is 10.5 Å². The van der Waals surface area contributed by atoms with Gasteiger partial charge in [0.2, 0.25) is 0 Å². The van der Waals surface area contributed by atoms with Gasteiger partial charge in [0.1, 0.15) is 4.88 Å². The molecular weight excluding hydrogens is 252 g/mol. The van der Waals surface area contributed by atoms with Crippen LogP contribution >= 0.6 is 11.3 Å². The predicted octanol–water partition coefficient (Wildman–Crippen LogP) is 1.79. The number of thiophene rings is 1. The molecule has 0 saturated heterocycles. The molecule has 0 bridgehead atoms. The van der Waals surface area contributed by atoms with Crippen molar-refractivity contribution in [1.82, 2.24) is 5.32 Å². The molecule has 0 aromatic carbocycles. The molecule has 0 aliphatic carbocycles. The van der Waals surface area contributed by atoms with Crippen LogP contribution in [0.3, 0.4) is 0 Å². The second kappa shape index (κ2) is 7.00. The molecule has 0 radical (unpaired) electrons. The molecule has 1 heterocycles. The fourth-order valence-corrected chi connectivity index (χ4v) is 1.98. The molecule has 0 fully saturated rings. The second-order valence-electron chi connectivity index (χ2n) is 3.90. The molecule has 5 nitrogen and oxygen atoms in total. The molecule has 100 valence electrons. The van der Waals surface area contributed by atoms with Gasteiger partial charge in [-0.15, -0.1) is 11.3 Å². The number of nitrogens with two attached hydrogens (primary N) is 1. The summed E-state index contributed by atoms with van der Waals surface area (Å²) in [4.78, 5) is 23.6. The quantitative estimate of drug-likeness (QED) is 0.610. The van der Waals surface area contributed by atoms with Crippen molar-refractivity contribution in [3.8, 4) is 0 Å². The summed E-state index contributed by atoms with van der Waals surface area (Å²) in [6.45, 7) is 4.18. The highest BCUT2D eigenvalue weighted by Gasteiger charge is 2.20. The van der Waals surface area contributed by atoms with Crippen LogP contribution in [0.2, 0.25) is 0 Å². The van der Waals surface area contributed by atoms with Gasteiger partial charge in [-0.05, 0) is 24.8 Å². The molecule has 6 heteroatoms. The Labute approximate surface area is 110 Å². The van der Waals surface area contributed by atoms with Crippen molar-refractivity contribution >= 4 is 28.9 Å². The number of anilines is 1. The molecule has 18 heavy (non-hydrogen) atoms. The molecule has 1 rings (SSSR count). The SMILES string of the molecule is CCCCNC(=O)C(C)OC(=O)c1sccc1N. The van der Waals surface area contributed by atoms with Gasteiger partial charge in [-0.25, -0.2) is 4.79 Å². The third kappa shape index (κ3) is 4.03. The van der Waals surface area contributed by atoms with Gasteiger partial charge in [0.15, 0.2) is 6.10 Å². The average molecular weight is 270 g/mol. The number of hydrogen-bond acceptors (Lipinski definition) is 5. The Balaban J connectivity index is 2.44. The van der Waals surface area contributed by atoms with Crippen LogP contribution < -0.4 is 11.1 Å². The van der Waals surface area contributed by atoms with Gasteiger partial charge >= 0.3 is 5.97 Å². The van der Waals surface area contributed by atoms with Crippen molar-refractivity contribution in [3.05, 3.63) is 16.3 Å². The maximum Gasteiger partial charge on any atom is 0.351 e. The molecule has 0 saturated carbocycles. The predicted molar refractivity (Wildman–Crippen MR) is 71.5 cm³/mol. The maximum atomic E-state index is 11.7. The summed E-state index contributed by atoms with van der Waals surface area (Å²) in [7, 11) is 0. The van der Waals surface area contributed by atoms with Gasteiger partial charge in [-0.2, -0.15) is 0 Å². The Kier molecular flexibility index (Phi) is 5.64. The molecule has 1 atom stereocenters. The van der Waals surface area contributed by atoms with E-state index in [1.165, 1.54) is 11.3 Å². The summed E-state index contributed by atoms with van der Waals surface area (Å²) in [6.07, 6.45) is 1.10. The minimum Gasteiger partial charge on any atom is -0.448 e. The zero-order valence-electron chi connectivity index (χ0n) is 10.6. The molecule has 1 amide bonds. The average Bonchev–Trinajstić information content (AvgIpc) is 2.75. The number of carbonyl (C=O) groups is 2. The van der Waals surface area contributed by atoms with Crippen molar-refractivity contribution in [2.75, 3.05) is 12.3 Å². The standard InChI is InChI=1S/C12H18N2O3S/c1-3-4-6-14-11(15)8(2)17-12(16)10-9(13)5-7-18-10/h5,7-8H,3-4,6,13H2,1-2H3,(H,14,15). The molecule has 1 unspecified atom stereocenters. The first-order valence-corrected chi connectivity index (χ1v) is 6.75. The Morgan fingerprint density at radius 1 is 1.56 bits per heavy atom. The van der Waals surface area contributed by atoms with Gasteiger partial charge in [-0.3, -0.25) is 4.79 Å². The number of nitrogens with one attached hydrogen (secondary N) is 1. The summed E-state index contributed by atoms with van der Waals surface area (Å²) < 4.78 is 5.05. The monoisotopic (exact) mass is 270 g/mol. The lowest BCUT2D eigenvalue weighted by Crippen LogP contribution is -2.36. The maximum absolute atomic E-state index is 11.7. The van der Waals surface area contributed by atoms with Crippen LogP contribution in [0, 0.1) is 0 Å². The molecule has 0 aliphatic rings. The summed E-state index contributed by atoms with van der Waals surface area (Å²) >= 11 is 1.20. The van der Waals surface area contributed by atoms with Crippen LogP contribution in [0.1, 0.15) is 36.4 Å². The first kappa shape index (κ1) is 14.5. The van der Waals surface area contributed by atoms with E-state index in [2.05, 4.69) is 5.32 Å². The number of carbonyl (C=O) groups excluding carboxylic acids is 2. The van der Waals surface area contributed by atoms with E-state index in [0.29, 0.717) is 17.1 Å². The van der Waals surface area contributed by atoms with Gasteiger partial charge < -0.3 is 15.8 Å². The fraction of sp³-hybridized carbons (Fsp3) is 0.500. The van der Waals surface area contributed by atoms with E-state index in [9.17, 15) is 9.59 Å². The number of hydrogen-bond donors (Lipinski definition) is 2. The lowest BCUT2D eigenvalue weighted by atomic mass is 10.3. The zero-order valence-corrected chi connectivity index (χ0v) is 11.4. The Bertz CT molecular complexity index is 417.